The molecule has 1 atom stereocenters. The Morgan fingerprint density at radius 2 is 2.20 bits per heavy atom. The lowest BCUT2D eigenvalue weighted by Crippen LogP contribution is -2.32. The van der Waals surface area contributed by atoms with Gasteiger partial charge in [-0.15, -0.1) is 0 Å². The molecule has 0 fully saturated rings. The number of halogens is 1. The van der Waals surface area contributed by atoms with Crippen LogP contribution in [-0.4, -0.2) is 31.4 Å². The van der Waals surface area contributed by atoms with Crippen molar-refractivity contribution in [1.82, 2.24) is 4.90 Å². The van der Waals surface area contributed by atoms with Gasteiger partial charge in [0.1, 0.15) is 5.82 Å². The van der Waals surface area contributed by atoms with Crippen molar-refractivity contribution in [3.05, 3.63) is 35.6 Å². The van der Waals surface area contributed by atoms with Crippen molar-refractivity contribution >= 4 is 5.91 Å². The lowest BCUT2D eigenvalue weighted by Gasteiger charge is -2.19. The molecule has 3 nitrogen and oxygen atoms in total. The molecule has 82 valence electrons. The minimum atomic E-state index is -0.462. The van der Waals surface area contributed by atoms with Crippen molar-refractivity contribution in [3.63, 3.8) is 0 Å². The normalized spacial score (nSPS) is 12.3. The van der Waals surface area contributed by atoms with Crippen LogP contribution in [0.2, 0.25) is 0 Å². The Labute approximate surface area is 88.7 Å². The van der Waals surface area contributed by atoms with Crippen LogP contribution in [0.5, 0.6) is 0 Å². The summed E-state index contributed by atoms with van der Waals surface area (Å²) < 4.78 is 13.0. The summed E-state index contributed by atoms with van der Waals surface area (Å²) in [5.41, 5.74) is 6.15. The van der Waals surface area contributed by atoms with Crippen LogP contribution in [-0.2, 0) is 4.79 Å². The van der Waals surface area contributed by atoms with Gasteiger partial charge in [-0.1, -0.05) is 12.1 Å². The quantitative estimate of drug-likeness (QED) is 0.807. The number of amides is 1. The molecule has 0 aliphatic heterocycles. The number of likely N-dealkylation sites (N-methyl/N-ethyl adjacent to an activating group) is 1. The summed E-state index contributed by atoms with van der Waals surface area (Å²) in [5.74, 6) is -0.920. The minimum absolute atomic E-state index is 0.108. The Bertz CT molecular complexity index is 352. The first-order chi connectivity index (χ1) is 7.06. The number of carbonyl (C=O) groups is 1. The summed E-state index contributed by atoms with van der Waals surface area (Å²) in [6.45, 7) is 0.181. The Morgan fingerprint density at radius 1 is 1.53 bits per heavy atom. The predicted molar refractivity (Wildman–Crippen MR) is 56.9 cm³/mol. The maximum atomic E-state index is 13.0. The molecule has 0 saturated heterocycles. The number of benzene rings is 1. The van der Waals surface area contributed by atoms with Crippen LogP contribution in [0.3, 0.4) is 0 Å². The molecule has 0 aromatic heterocycles. The van der Waals surface area contributed by atoms with Gasteiger partial charge in [0.2, 0.25) is 5.91 Å². The fraction of sp³-hybridized carbons (Fsp3) is 0.364. The lowest BCUT2D eigenvalue weighted by atomic mass is 9.98. The summed E-state index contributed by atoms with van der Waals surface area (Å²) in [6.07, 6.45) is 0. The molecule has 4 heteroatoms. The van der Waals surface area contributed by atoms with Crippen molar-refractivity contribution in [1.29, 1.82) is 0 Å². The Kier molecular flexibility index (Phi) is 3.80. The van der Waals surface area contributed by atoms with Crippen LogP contribution in [0.4, 0.5) is 4.39 Å². The van der Waals surface area contributed by atoms with E-state index in [1.165, 1.54) is 17.0 Å². The van der Waals surface area contributed by atoms with Gasteiger partial charge in [0.25, 0.3) is 0 Å². The average molecular weight is 210 g/mol. The Hall–Kier alpha value is -1.42. The second-order valence-electron chi connectivity index (χ2n) is 3.58. The number of carbonyl (C=O) groups excluding carboxylic acids is 1. The van der Waals surface area contributed by atoms with Crippen LogP contribution >= 0.6 is 0 Å². The van der Waals surface area contributed by atoms with Gasteiger partial charge in [0.05, 0.1) is 5.92 Å². The molecule has 1 unspecified atom stereocenters. The molecule has 0 bridgehead atoms. The van der Waals surface area contributed by atoms with Crippen LogP contribution < -0.4 is 5.73 Å². The van der Waals surface area contributed by atoms with E-state index in [9.17, 15) is 9.18 Å². The second-order valence-corrected chi connectivity index (χ2v) is 3.58. The first-order valence-corrected chi connectivity index (χ1v) is 4.73. The third-order valence-electron chi connectivity index (χ3n) is 2.23. The lowest BCUT2D eigenvalue weighted by molar-refractivity contribution is -0.130. The molecule has 0 radical (unpaired) electrons. The zero-order valence-corrected chi connectivity index (χ0v) is 8.90. The molecular formula is C11H15FN2O. The van der Waals surface area contributed by atoms with Crippen molar-refractivity contribution in [2.24, 2.45) is 5.73 Å². The van der Waals surface area contributed by atoms with Crippen LogP contribution in [0.15, 0.2) is 24.3 Å². The van der Waals surface area contributed by atoms with Crippen molar-refractivity contribution in [3.8, 4) is 0 Å². The summed E-state index contributed by atoms with van der Waals surface area (Å²) in [6, 6.07) is 5.98. The fourth-order valence-electron chi connectivity index (χ4n) is 1.41. The fourth-order valence-corrected chi connectivity index (χ4v) is 1.41. The highest BCUT2D eigenvalue weighted by Gasteiger charge is 2.20. The van der Waals surface area contributed by atoms with Gasteiger partial charge >= 0.3 is 0 Å². The van der Waals surface area contributed by atoms with E-state index in [0.717, 1.165) is 0 Å². The number of nitrogens with two attached hydrogens (primary N) is 1. The predicted octanol–water partition coefficient (Wildman–Crippen LogP) is 0.956. The van der Waals surface area contributed by atoms with Crippen LogP contribution in [0.1, 0.15) is 11.5 Å². The molecule has 2 N–H and O–H groups in total. The van der Waals surface area contributed by atoms with Gasteiger partial charge in [-0.05, 0) is 17.7 Å². The summed E-state index contributed by atoms with van der Waals surface area (Å²) in [4.78, 5) is 13.2. The molecule has 1 aromatic carbocycles. The molecule has 1 amide bonds. The first-order valence-electron chi connectivity index (χ1n) is 4.73. The van der Waals surface area contributed by atoms with Crippen molar-refractivity contribution < 1.29 is 9.18 Å². The first kappa shape index (κ1) is 11.7. The Balaban J connectivity index is 2.97. The topological polar surface area (TPSA) is 46.3 Å². The molecular weight excluding hydrogens is 195 g/mol. The Morgan fingerprint density at radius 3 is 2.67 bits per heavy atom. The standard InChI is InChI=1S/C11H15FN2O/c1-14(2)11(15)10(7-13)8-4-3-5-9(12)6-8/h3-6,10H,7,13H2,1-2H3. The van der Waals surface area contributed by atoms with Gasteiger partial charge in [-0.2, -0.15) is 0 Å². The van der Waals surface area contributed by atoms with E-state index in [2.05, 4.69) is 0 Å². The highest BCUT2D eigenvalue weighted by atomic mass is 19.1. The summed E-state index contributed by atoms with van der Waals surface area (Å²) in [5, 5.41) is 0. The van der Waals surface area contributed by atoms with Gasteiger partial charge in [-0.25, -0.2) is 4.39 Å². The molecule has 1 rings (SSSR count). The molecule has 0 saturated carbocycles. The molecule has 0 aliphatic rings. The summed E-state index contributed by atoms with van der Waals surface area (Å²) in [7, 11) is 3.31. The minimum Gasteiger partial charge on any atom is -0.348 e. The molecule has 0 aliphatic carbocycles. The largest absolute Gasteiger partial charge is 0.348 e. The smallest absolute Gasteiger partial charge is 0.230 e. The average Bonchev–Trinajstić information content (AvgIpc) is 2.18. The number of hydrogen-bond donors (Lipinski definition) is 1. The molecule has 1 aromatic rings. The monoisotopic (exact) mass is 210 g/mol. The molecule has 15 heavy (non-hydrogen) atoms. The van der Waals surface area contributed by atoms with Gasteiger partial charge in [0, 0.05) is 20.6 Å². The van der Waals surface area contributed by atoms with Crippen molar-refractivity contribution in [2.75, 3.05) is 20.6 Å². The zero-order valence-electron chi connectivity index (χ0n) is 8.90. The van der Waals surface area contributed by atoms with E-state index in [4.69, 9.17) is 5.73 Å². The number of nitrogens with zero attached hydrogens (tertiary/aromatic N) is 1. The van der Waals surface area contributed by atoms with E-state index >= 15 is 0 Å². The van der Waals surface area contributed by atoms with E-state index in [1.54, 1.807) is 26.2 Å². The number of hydrogen-bond acceptors (Lipinski definition) is 2. The SMILES string of the molecule is CN(C)C(=O)C(CN)c1cccc(F)c1. The third kappa shape index (κ3) is 2.76. The molecule has 0 heterocycles. The van der Waals surface area contributed by atoms with Gasteiger partial charge in [0.15, 0.2) is 0 Å². The maximum Gasteiger partial charge on any atom is 0.230 e. The highest BCUT2D eigenvalue weighted by molar-refractivity contribution is 5.83. The van der Waals surface area contributed by atoms with E-state index in [0.29, 0.717) is 5.56 Å². The third-order valence-corrected chi connectivity index (χ3v) is 2.23. The van der Waals surface area contributed by atoms with E-state index in [1.807, 2.05) is 0 Å². The van der Waals surface area contributed by atoms with Gasteiger partial charge in [-0.3, -0.25) is 4.79 Å². The van der Waals surface area contributed by atoms with Crippen molar-refractivity contribution in [2.45, 2.75) is 5.92 Å². The van der Waals surface area contributed by atoms with Gasteiger partial charge < -0.3 is 10.6 Å². The van der Waals surface area contributed by atoms with E-state index < -0.39 is 5.92 Å². The highest BCUT2D eigenvalue weighted by Crippen LogP contribution is 2.17. The van der Waals surface area contributed by atoms with E-state index in [-0.39, 0.29) is 18.3 Å². The zero-order chi connectivity index (χ0) is 11.4. The van der Waals surface area contributed by atoms with Crippen LogP contribution in [0.25, 0.3) is 0 Å². The maximum absolute atomic E-state index is 13.0. The van der Waals surface area contributed by atoms with Crippen LogP contribution in [0, 0.1) is 5.82 Å². The number of rotatable bonds is 3. The second kappa shape index (κ2) is 4.89. The summed E-state index contributed by atoms with van der Waals surface area (Å²) >= 11 is 0. The molecule has 0 spiro atoms.